The summed E-state index contributed by atoms with van der Waals surface area (Å²) < 4.78 is 88.4. The number of para-hydroxylation sites is 3. The fourth-order valence-electron chi connectivity index (χ4n) is 7.63. The van der Waals surface area contributed by atoms with E-state index in [0.29, 0.717) is 5.56 Å². The van der Waals surface area contributed by atoms with Gasteiger partial charge in [0, 0.05) is 49.6 Å². The predicted octanol–water partition coefficient (Wildman–Crippen LogP) is 12.7. The first-order valence-electron chi connectivity index (χ1n) is 23.0. The van der Waals surface area contributed by atoms with Gasteiger partial charge in [0.25, 0.3) is 0 Å². The van der Waals surface area contributed by atoms with Crippen molar-refractivity contribution in [2.45, 2.75) is 0 Å². The van der Waals surface area contributed by atoms with Crippen LogP contribution >= 0.6 is 0 Å². The second kappa shape index (κ2) is 13.0. The molecule has 0 aliphatic carbocycles. The predicted molar refractivity (Wildman–Crippen MR) is 230 cm³/mol. The summed E-state index contributed by atoms with van der Waals surface area (Å²) in [5.74, 6) is -0.625. The van der Waals surface area contributed by atoms with Gasteiger partial charge in [0.15, 0.2) is 17.5 Å². The molecule has 3 aromatic heterocycles. The van der Waals surface area contributed by atoms with Crippen LogP contribution in [0, 0.1) is 0 Å². The Morgan fingerprint density at radius 1 is 0.321 bits per heavy atom. The Kier molecular flexibility index (Phi) is 5.41. The Hall–Kier alpha value is -7.63. The molecule has 0 N–H and O–H groups in total. The van der Waals surface area contributed by atoms with E-state index >= 15 is 0 Å². The third-order valence-corrected chi connectivity index (χ3v) is 10.2. The van der Waals surface area contributed by atoms with E-state index in [4.69, 9.17) is 13.7 Å². The molecule has 0 aliphatic rings. The molecule has 0 spiro atoms. The van der Waals surface area contributed by atoms with Crippen LogP contribution in [-0.4, -0.2) is 24.1 Å². The lowest BCUT2D eigenvalue weighted by atomic mass is 10.0. The van der Waals surface area contributed by atoms with Crippen molar-refractivity contribution < 1.29 is 13.7 Å². The molecule has 0 saturated carbocycles. The zero-order valence-electron chi connectivity index (χ0n) is 39.5. The van der Waals surface area contributed by atoms with Crippen LogP contribution in [0.3, 0.4) is 0 Å². The van der Waals surface area contributed by atoms with Crippen molar-refractivity contribution in [3.05, 3.63) is 200 Å². The normalized spacial score (nSPS) is 14.1. The van der Waals surface area contributed by atoms with Crippen LogP contribution in [0.5, 0.6) is 0 Å². The quantitative estimate of drug-likeness (QED) is 0.171. The first-order valence-corrected chi connectivity index (χ1v) is 18.0. The summed E-state index contributed by atoms with van der Waals surface area (Å²) in [5.41, 5.74) is 8.12. The van der Waals surface area contributed by atoms with E-state index in [1.54, 1.807) is 12.1 Å². The Balaban J connectivity index is 1.01. The van der Waals surface area contributed by atoms with Crippen LogP contribution in [0.1, 0.15) is 13.7 Å². The standard InChI is InChI=1S/C51H33N5/c1-4-14-36(15-5-1)49-52-50(37-16-6-2-7-17-37)54-51(53-49)38-26-24-34(25-27-38)35-28-30-40(31-29-35)56-46-23-13-11-21-42(46)44-32-47-43(33-48(44)56)41-20-10-12-22-45(41)55(47)39-18-8-3-9-19-39/h1-33H/i1D,2D,4D,5D,6D,7D,14D,15D,16D,17D. The van der Waals surface area contributed by atoms with Crippen molar-refractivity contribution in [2.75, 3.05) is 0 Å². The molecular weight excluding hydrogens is 683 g/mol. The zero-order valence-corrected chi connectivity index (χ0v) is 29.5. The van der Waals surface area contributed by atoms with Crippen molar-refractivity contribution >= 4 is 43.6 Å². The smallest absolute Gasteiger partial charge is 0.164 e. The first-order chi connectivity index (χ1) is 31.9. The first kappa shape index (κ1) is 23.2. The zero-order chi connectivity index (χ0) is 45.7. The number of benzene rings is 8. The van der Waals surface area contributed by atoms with Crippen LogP contribution in [0.2, 0.25) is 0 Å². The van der Waals surface area contributed by atoms with Crippen LogP contribution < -0.4 is 0 Å². The van der Waals surface area contributed by atoms with Gasteiger partial charge in [0.05, 0.1) is 35.8 Å². The van der Waals surface area contributed by atoms with Gasteiger partial charge in [0.2, 0.25) is 0 Å². The highest BCUT2D eigenvalue weighted by atomic mass is 15.0. The van der Waals surface area contributed by atoms with Crippen molar-refractivity contribution in [3.63, 3.8) is 0 Å². The lowest BCUT2D eigenvalue weighted by Gasteiger charge is -2.11. The van der Waals surface area contributed by atoms with Gasteiger partial charge in [-0.2, -0.15) is 0 Å². The third-order valence-electron chi connectivity index (χ3n) is 10.2. The summed E-state index contributed by atoms with van der Waals surface area (Å²) in [4.78, 5) is 13.5. The Morgan fingerprint density at radius 3 is 1.21 bits per heavy atom. The molecular formula is C51H33N5. The highest BCUT2D eigenvalue weighted by Gasteiger charge is 2.19. The number of aromatic nitrogens is 5. The van der Waals surface area contributed by atoms with Gasteiger partial charge in [-0.25, -0.2) is 15.0 Å². The maximum Gasteiger partial charge on any atom is 0.164 e. The molecule has 262 valence electrons. The maximum atomic E-state index is 8.62. The molecule has 8 aromatic carbocycles. The molecule has 56 heavy (non-hydrogen) atoms. The van der Waals surface area contributed by atoms with Gasteiger partial charge < -0.3 is 9.13 Å². The number of hydrogen-bond donors (Lipinski definition) is 0. The third kappa shape index (κ3) is 5.29. The second-order valence-corrected chi connectivity index (χ2v) is 13.4. The van der Waals surface area contributed by atoms with E-state index in [2.05, 4.69) is 133 Å². The summed E-state index contributed by atoms with van der Waals surface area (Å²) in [6, 6.07) is 41.7. The van der Waals surface area contributed by atoms with Crippen molar-refractivity contribution in [1.29, 1.82) is 0 Å². The fraction of sp³-hybridized carbons (Fsp3) is 0. The summed E-state index contributed by atoms with van der Waals surface area (Å²) in [7, 11) is 0. The monoisotopic (exact) mass is 725 g/mol. The minimum absolute atomic E-state index is 0.00267. The van der Waals surface area contributed by atoms with Crippen molar-refractivity contribution in [3.8, 4) is 56.7 Å². The second-order valence-electron chi connectivity index (χ2n) is 13.4. The minimum Gasteiger partial charge on any atom is -0.309 e. The average Bonchev–Trinajstić information content (AvgIpc) is 3.85. The van der Waals surface area contributed by atoms with E-state index in [1.165, 1.54) is 5.39 Å². The molecule has 5 nitrogen and oxygen atoms in total. The molecule has 5 heteroatoms. The average molecular weight is 726 g/mol. The number of nitrogens with zero attached hydrogens (tertiary/aromatic N) is 5. The SMILES string of the molecule is [2H]c1c([2H])c([2H])c(-c2nc(-c3ccc(-c4ccc(-n5c6ccccc6c6cc7c(cc65)c5ccccc5n7-c5ccccc5)cc4)cc3)nc(-c3c([2H])c([2H])c([2H])c([2H])c3[2H])n2)c([2H])c1[2H]. The molecule has 11 rings (SSSR count). The van der Waals surface area contributed by atoms with E-state index < -0.39 is 60.4 Å². The fourth-order valence-corrected chi connectivity index (χ4v) is 7.63. The molecule has 0 fully saturated rings. The largest absolute Gasteiger partial charge is 0.309 e. The highest BCUT2D eigenvalue weighted by molar-refractivity contribution is 6.19. The molecule has 0 amide bonds. The molecule has 0 unspecified atom stereocenters. The van der Waals surface area contributed by atoms with Crippen LogP contribution in [-0.2, 0) is 0 Å². The molecule has 0 bridgehead atoms. The molecule has 11 aromatic rings. The van der Waals surface area contributed by atoms with E-state index in [9.17, 15) is 0 Å². The van der Waals surface area contributed by atoms with Gasteiger partial charge in [-0.15, -0.1) is 0 Å². The summed E-state index contributed by atoms with van der Waals surface area (Å²) >= 11 is 0. The van der Waals surface area contributed by atoms with E-state index in [1.807, 2.05) is 18.2 Å². The lowest BCUT2D eigenvalue weighted by molar-refractivity contribution is 1.07. The van der Waals surface area contributed by atoms with Gasteiger partial charge in [-0.1, -0.05) is 151 Å². The van der Waals surface area contributed by atoms with E-state index in [-0.39, 0.29) is 28.6 Å². The molecule has 0 atom stereocenters. The minimum atomic E-state index is -0.602. The van der Waals surface area contributed by atoms with E-state index in [0.717, 1.165) is 60.7 Å². The molecule has 3 heterocycles. The highest BCUT2D eigenvalue weighted by Crippen LogP contribution is 2.40. The number of rotatable bonds is 6. The molecule has 0 aliphatic heterocycles. The van der Waals surface area contributed by atoms with Gasteiger partial charge >= 0.3 is 0 Å². The van der Waals surface area contributed by atoms with Crippen molar-refractivity contribution in [2.24, 2.45) is 0 Å². The number of hydrogen-bond acceptors (Lipinski definition) is 3. The van der Waals surface area contributed by atoms with Gasteiger partial charge in [-0.3, -0.25) is 0 Å². The van der Waals surface area contributed by atoms with Crippen molar-refractivity contribution in [1.82, 2.24) is 24.1 Å². The van der Waals surface area contributed by atoms with Gasteiger partial charge in [0.1, 0.15) is 0 Å². The van der Waals surface area contributed by atoms with Crippen LogP contribution in [0.25, 0.3) is 100 Å². The maximum absolute atomic E-state index is 8.62. The number of fused-ring (bicyclic) bond motifs is 6. The molecule has 0 radical (unpaired) electrons. The summed E-state index contributed by atoms with van der Waals surface area (Å²) in [5, 5.41) is 4.60. The lowest BCUT2D eigenvalue weighted by Crippen LogP contribution is -2.00. The summed E-state index contributed by atoms with van der Waals surface area (Å²) in [6.07, 6.45) is 0. The Morgan fingerprint density at radius 2 is 0.714 bits per heavy atom. The Labute approximate surface area is 337 Å². The Bertz CT molecular complexity index is 3670. The van der Waals surface area contributed by atoms with Crippen LogP contribution in [0.15, 0.2) is 200 Å². The van der Waals surface area contributed by atoms with Crippen LogP contribution in [0.4, 0.5) is 0 Å². The molecule has 0 saturated heterocycles. The summed E-state index contributed by atoms with van der Waals surface area (Å²) in [6.45, 7) is 0. The topological polar surface area (TPSA) is 48.5 Å². The van der Waals surface area contributed by atoms with Gasteiger partial charge in [-0.05, 0) is 59.7 Å².